The van der Waals surface area contributed by atoms with Crippen LogP contribution in [0.4, 0.5) is 0 Å². The maximum atomic E-state index is 12.7. The molecule has 3 saturated heterocycles. The van der Waals surface area contributed by atoms with Crippen LogP contribution in [0.25, 0.3) is 0 Å². The minimum Gasteiger partial charge on any atom is -0.465 e. The minimum absolute atomic E-state index is 0.0268. The van der Waals surface area contributed by atoms with Gasteiger partial charge in [0.25, 0.3) is 0 Å². The van der Waals surface area contributed by atoms with Gasteiger partial charge < -0.3 is 54.3 Å². The Morgan fingerprint density at radius 1 is 0.955 bits per heavy atom. The lowest BCUT2D eigenvalue weighted by Gasteiger charge is -2.70. The average Bonchev–Trinajstić information content (AvgIpc) is 3.53. The SMILES string of the molecule is C[C@H]1O[C@H](O[C@H]2C[C@H]3OC(C)(C)OC[C@]34[C@H]3CC[C@]5(CO)[C@H]([C@@H]6COC(=O)C6)CC[C@]5(O)[C@@H]3CC[C@]4(O)C2)[C@@H](O)[C@@H](O)[C@@H]1O. The van der Waals surface area contributed by atoms with Gasteiger partial charge in [0.05, 0.1) is 61.2 Å². The minimum atomic E-state index is -1.46. The highest BCUT2D eigenvalue weighted by molar-refractivity contribution is 5.71. The van der Waals surface area contributed by atoms with Crippen LogP contribution in [-0.4, -0.2) is 116 Å². The number of aliphatic hydroxyl groups is 6. The Bertz CT molecular complexity index is 1130. The molecule has 0 amide bonds. The predicted octanol–water partition coefficient (Wildman–Crippen LogP) is 0.365. The fourth-order valence-corrected chi connectivity index (χ4v) is 11.3. The van der Waals surface area contributed by atoms with Crippen molar-refractivity contribution >= 4 is 5.97 Å². The summed E-state index contributed by atoms with van der Waals surface area (Å²) in [5.74, 6) is -1.56. The van der Waals surface area contributed by atoms with Crippen LogP contribution in [0, 0.1) is 34.5 Å². The molecule has 15 atom stereocenters. The van der Waals surface area contributed by atoms with Crippen LogP contribution < -0.4 is 0 Å². The van der Waals surface area contributed by atoms with Crippen LogP contribution >= 0.6 is 0 Å². The van der Waals surface area contributed by atoms with E-state index in [1.165, 1.54) is 0 Å². The molecular formula is C32H50O12. The number of fused-ring (bicyclic) bond motifs is 3. The van der Waals surface area contributed by atoms with Crippen molar-refractivity contribution in [2.75, 3.05) is 19.8 Å². The van der Waals surface area contributed by atoms with Crippen molar-refractivity contribution in [2.24, 2.45) is 34.5 Å². The molecule has 1 spiro atoms. The zero-order valence-electron chi connectivity index (χ0n) is 26.0. The molecule has 12 heteroatoms. The lowest BCUT2D eigenvalue weighted by Crippen LogP contribution is -2.76. The van der Waals surface area contributed by atoms with Crippen LogP contribution in [0.3, 0.4) is 0 Å². The number of rotatable bonds is 4. The average molecular weight is 627 g/mol. The molecule has 0 unspecified atom stereocenters. The summed E-state index contributed by atoms with van der Waals surface area (Å²) >= 11 is 0. The van der Waals surface area contributed by atoms with E-state index in [1.807, 2.05) is 13.8 Å². The standard InChI is InChI=1S/C32H50O12/c1-16-24(35)25(36)26(37)27(42-16)43-18-11-22-31(15-41-28(2,3)44-22)20-4-7-29(14-33)19(17-10-23(34)40-13-17)6-9-32(29,39)21(20)5-8-30(31,38)12-18/h16-22,24-27,33,35-39H,4-15H2,1-3H3/t16-,17+,18+,19+,20+,21-,22-,24-,25+,26+,27-,29+,30+,31+,32+/m1/s1. The fraction of sp³-hybridized carbons (Fsp3) is 0.969. The first-order valence-electron chi connectivity index (χ1n) is 16.6. The lowest BCUT2D eigenvalue weighted by molar-refractivity contribution is -0.402. The maximum Gasteiger partial charge on any atom is 0.306 e. The molecule has 7 rings (SSSR count). The second-order valence-electron chi connectivity index (χ2n) is 15.6. The Kier molecular flexibility index (Phi) is 7.58. The summed E-state index contributed by atoms with van der Waals surface area (Å²) in [5.41, 5.74) is -4.04. The largest absolute Gasteiger partial charge is 0.465 e. The van der Waals surface area contributed by atoms with Crippen molar-refractivity contribution in [1.29, 1.82) is 0 Å². The fourth-order valence-electron chi connectivity index (χ4n) is 11.3. The van der Waals surface area contributed by atoms with Crippen molar-refractivity contribution in [2.45, 2.75) is 138 Å². The summed E-state index contributed by atoms with van der Waals surface area (Å²) in [6.45, 7) is 5.70. The zero-order valence-corrected chi connectivity index (χ0v) is 26.0. The Labute approximate surface area is 258 Å². The van der Waals surface area contributed by atoms with Crippen LogP contribution in [0.5, 0.6) is 0 Å². The summed E-state index contributed by atoms with van der Waals surface area (Å²) < 4.78 is 30.3. The van der Waals surface area contributed by atoms with Crippen LogP contribution in [0.15, 0.2) is 0 Å². The van der Waals surface area contributed by atoms with Crippen LogP contribution in [0.1, 0.15) is 78.6 Å². The number of hydrogen-bond donors (Lipinski definition) is 6. The first-order chi connectivity index (χ1) is 20.7. The van der Waals surface area contributed by atoms with Gasteiger partial charge in [0.2, 0.25) is 0 Å². The number of carbonyl (C=O) groups excluding carboxylic acids is 1. The van der Waals surface area contributed by atoms with E-state index >= 15 is 0 Å². The molecule has 0 aromatic rings. The topological polar surface area (TPSA) is 185 Å². The third-order valence-corrected chi connectivity index (χ3v) is 13.4. The van der Waals surface area contributed by atoms with E-state index in [4.69, 9.17) is 23.7 Å². The molecule has 6 N–H and O–H groups in total. The highest BCUT2D eigenvalue weighted by Gasteiger charge is 2.76. The molecule has 0 aromatic heterocycles. The summed E-state index contributed by atoms with van der Waals surface area (Å²) in [7, 11) is 0. The van der Waals surface area contributed by atoms with E-state index in [0.29, 0.717) is 58.0 Å². The molecular weight excluding hydrogens is 576 g/mol. The summed E-state index contributed by atoms with van der Waals surface area (Å²) in [6, 6.07) is 0. The molecule has 3 aliphatic heterocycles. The van der Waals surface area contributed by atoms with Gasteiger partial charge in [-0.05, 0) is 77.0 Å². The van der Waals surface area contributed by atoms with Gasteiger partial charge in [-0.25, -0.2) is 0 Å². The van der Waals surface area contributed by atoms with Crippen molar-refractivity contribution in [3.8, 4) is 0 Å². The molecule has 250 valence electrons. The Balaban J connectivity index is 1.20. The maximum absolute atomic E-state index is 12.7. The first kappa shape index (κ1) is 31.7. The molecule has 3 heterocycles. The highest BCUT2D eigenvalue weighted by Crippen LogP contribution is 2.72. The number of aliphatic hydroxyl groups excluding tert-OH is 4. The normalized spacial score (nSPS) is 56.7. The molecule has 0 bridgehead atoms. The van der Waals surface area contributed by atoms with E-state index in [9.17, 15) is 35.4 Å². The molecule has 7 fully saturated rings. The van der Waals surface area contributed by atoms with Crippen molar-refractivity contribution in [3.05, 3.63) is 0 Å². The van der Waals surface area contributed by atoms with Crippen molar-refractivity contribution in [3.63, 3.8) is 0 Å². The molecule has 44 heavy (non-hydrogen) atoms. The van der Waals surface area contributed by atoms with Gasteiger partial charge in [0, 0.05) is 24.2 Å². The van der Waals surface area contributed by atoms with Gasteiger partial charge in [0.1, 0.15) is 18.3 Å². The van der Waals surface area contributed by atoms with Gasteiger partial charge in [-0.15, -0.1) is 0 Å². The molecule has 4 aliphatic carbocycles. The Morgan fingerprint density at radius 3 is 2.39 bits per heavy atom. The Morgan fingerprint density at radius 2 is 1.68 bits per heavy atom. The molecule has 0 radical (unpaired) electrons. The number of cyclic esters (lactones) is 1. The molecule has 4 saturated carbocycles. The molecule has 7 aliphatic rings. The summed E-state index contributed by atoms with van der Waals surface area (Å²) in [6.07, 6.45) is -2.86. The predicted molar refractivity (Wildman–Crippen MR) is 150 cm³/mol. The third kappa shape index (κ3) is 4.28. The Hall–Kier alpha value is -0.930. The van der Waals surface area contributed by atoms with Gasteiger partial charge in [-0.3, -0.25) is 4.79 Å². The van der Waals surface area contributed by atoms with E-state index in [0.717, 1.165) is 0 Å². The zero-order chi connectivity index (χ0) is 31.4. The quantitative estimate of drug-likeness (QED) is 0.186. The smallest absolute Gasteiger partial charge is 0.306 e. The number of hydrogen-bond acceptors (Lipinski definition) is 12. The van der Waals surface area contributed by atoms with E-state index in [2.05, 4.69) is 0 Å². The monoisotopic (exact) mass is 626 g/mol. The summed E-state index contributed by atoms with van der Waals surface area (Å²) in [5, 5.41) is 67.6. The number of ether oxygens (including phenoxy) is 5. The van der Waals surface area contributed by atoms with E-state index in [-0.39, 0.29) is 49.3 Å². The van der Waals surface area contributed by atoms with Crippen molar-refractivity contribution < 1.29 is 59.1 Å². The second-order valence-corrected chi connectivity index (χ2v) is 15.6. The van der Waals surface area contributed by atoms with Crippen LogP contribution in [0.2, 0.25) is 0 Å². The molecule has 0 aromatic carbocycles. The van der Waals surface area contributed by atoms with Gasteiger partial charge >= 0.3 is 5.97 Å². The molecule has 12 nitrogen and oxygen atoms in total. The first-order valence-corrected chi connectivity index (χ1v) is 16.6. The van der Waals surface area contributed by atoms with Crippen LogP contribution in [-0.2, 0) is 28.5 Å². The highest BCUT2D eigenvalue weighted by atomic mass is 16.7. The lowest BCUT2D eigenvalue weighted by atomic mass is 9.40. The van der Waals surface area contributed by atoms with E-state index < -0.39 is 70.7 Å². The number of esters is 1. The van der Waals surface area contributed by atoms with Crippen molar-refractivity contribution in [1.82, 2.24) is 0 Å². The number of carbonyl (C=O) groups is 1. The second kappa shape index (κ2) is 10.5. The van der Waals surface area contributed by atoms with E-state index in [1.54, 1.807) is 6.92 Å². The van der Waals surface area contributed by atoms with Gasteiger partial charge in [0.15, 0.2) is 12.1 Å². The van der Waals surface area contributed by atoms with Gasteiger partial charge in [-0.1, -0.05) is 0 Å². The third-order valence-electron chi connectivity index (χ3n) is 13.4. The summed E-state index contributed by atoms with van der Waals surface area (Å²) in [4.78, 5) is 12.0. The van der Waals surface area contributed by atoms with Gasteiger partial charge in [-0.2, -0.15) is 0 Å².